The fourth-order valence-corrected chi connectivity index (χ4v) is 2.18. The maximum absolute atomic E-state index is 5.79. The van der Waals surface area contributed by atoms with Crippen molar-refractivity contribution in [2.75, 3.05) is 4.90 Å². The number of aromatic nitrogens is 1. The molecule has 2 N–H and O–H groups in total. The molecule has 2 heterocycles. The average molecular weight is 243 g/mol. The largest absolute Gasteiger partial charge is 0.467 e. The number of furan rings is 1. The Labute approximate surface area is 106 Å². The Bertz CT molecular complexity index is 506. The SMILES string of the molecule is NCc1cccnc1N(Cc1ccco1)C1CC1. The summed E-state index contributed by atoms with van der Waals surface area (Å²) in [6.07, 6.45) is 5.98. The lowest BCUT2D eigenvalue weighted by Gasteiger charge is -2.24. The molecule has 4 nitrogen and oxygen atoms in total. The van der Waals surface area contributed by atoms with Crippen LogP contribution in [0.15, 0.2) is 41.1 Å². The first kappa shape index (κ1) is 11.3. The molecule has 2 aromatic rings. The molecule has 4 heteroatoms. The van der Waals surface area contributed by atoms with Crippen molar-refractivity contribution < 1.29 is 4.42 Å². The van der Waals surface area contributed by atoms with Gasteiger partial charge in [-0.15, -0.1) is 0 Å². The third kappa shape index (κ3) is 2.24. The van der Waals surface area contributed by atoms with Gasteiger partial charge in [-0.3, -0.25) is 0 Å². The molecule has 0 aromatic carbocycles. The molecule has 0 unspecified atom stereocenters. The molecule has 18 heavy (non-hydrogen) atoms. The molecular formula is C14H17N3O. The zero-order chi connectivity index (χ0) is 12.4. The Morgan fingerprint density at radius 1 is 1.33 bits per heavy atom. The highest BCUT2D eigenvalue weighted by molar-refractivity contribution is 5.49. The summed E-state index contributed by atoms with van der Waals surface area (Å²) in [6.45, 7) is 1.28. The quantitative estimate of drug-likeness (QED) is 0.875. The van der Waals surface area contributed by atoms with Gasteiger partial charge in [-0.1, -0.05) is 6.07 Å². The summed E-state index contributed by atoms with van der Waals surface area (Å²) >= 11 is 0. The van der Waals surface area contributed by atoms with Gasteiger partial charge in [0.05, 0.1) is 12.8 Å². The Morgan fingerprint density at radius 2 is 2.22 bits per heavy atom. The van der Waals surface area contributed by atoms with Crippen molar-refractivity contribution >= 4 is 5.82 Å². The average Bonchev–Trinajstić information content (AvgIpc) is 3.13. The van der Waals surface area contributed by atoms with Gasteiger partial charge in [0.1, 0.15) is 11.6 Å². The van der Waals surface area contributed by atoms with Gasteiger partial charge in [-0.25, -0.2) is 4.98 Å². The topological polar surface area (TPSA) is 55.3 Å². The van der Waals surface area contributed by atoms with Crippen LogP contribution in [0, 0.1) is 0 Å². The number of hydrogen-bond acceptors (Lipinski definition) is 4. The second-order valence-corrected chi connectivity index (χ2v) is 4.63. The predicted octanol–water partition coefficient (Wildman–Crippen LogP) is 2.30. The highest BCUT2D eigenvalue weighted by Crippen LogP contribution is 2.33. The normalized spacial score (nSPS) is 14.7. The molecule has 1 aliphatic rings. The molecule has 0 aliphatic heterocycles. The van der Waals surface area contributed by atoms with E-state index in [9.17, 15) is 0 Å². The van der Waals surface area contributed by atoms with Gasteiger partial charge >= 0.3 is 0 Å². The van der Waals surface area contributed by atoms with Crippen LogP contribution in [0.4, 0.5) is 5.82 Å². The van der Waals surface area contributed by atoms with Crippen LogP contribution in [0.1, 0.15) is 24.2 Å². The van der Waals surface area contributed by atoms with E-state index in [2.05, 4.69) is 9.88 Å². The fraction of sp³-hybridized carbons (Fsp3) is 0.357. The Morgan fingerprint density at radius 3 is 2.89 bits per heavy atom. The number of nitrogens with zero attached hydrogens (tertiary/aromatic N) is 2. The molecule has 0 bridgehead atoms. The predicted molar refractivity (Wildman–Crippen MR) is 70.0 cm³/mol. The minimum absolute atomic E-state index is 0.518. The maximum atomic E-state index is 5.79. The Hall–Kier alpha value is -1.81. The third-order valence-electron chi connectivity index (χ3n) is 3.25. The highest BCUT2D eigenvalue weighted by atomic mass is 16.3. The molecule has 94 valence electrons. The van der Waals surface area contributed by atoms with Gasteiger partial charge < -0.3 is 15.1 Å². The summed E-state index contributed by atoms with van der Waals surface area (Å²) in [5.74, 6) is 1.97. The number of rotatable bonds is 5. The van der Waals surface area contributed by atoms with E-state index >= 15 is 0 Å². The van der Waals surface area contributed by atoms with Crippen molar-refractivity contribution in [1.82, 2.24) is 4.98 Å². The van der Waals surface area contributed by atoms with Crippen LogP contribution >= 0.6 is 0 Å². The van der Waals surface area contributed by atoms with Crippen LogP contribution in [0.5, 0.6) is 0 Å². The summed E-state index contributed by atoms with van der Waals surface area (Å²) < 4.78 is 5.44. The van der Waals surface area contributed by atoms with Crippen LogP contribution < -0.4 is 10.6 Å². The van der Waals surface area contributed by atoms with Gasteiger partial charge in [0, 0.05) is 24.3 Å². The van der Waals surface area contributed by atoms with Gasteiger partial charge in [0.25, 0.3) is 0 Å². The van der Waals surface area contributed by atoms with E-state index in [1.54, 1.807) is 6.26 Å². The summed E-state index contributed by atoms with van der Waals surface area (Å²) in [4.78, 5) is 6.80. The second-order valence-electron chi connectivity index (χ2n) is 4.63. The summed E-state index contributed by atoms with van der Waals surface area (Å²) in [7, 11) is 0. The van der Waals surface area contributed by atoms with E-state index < -0.39 is 0 Å². The van der Waals surface area contributed by atoms with Crippen molar-refractivity contribution in [2.45, 2.75) is 32.0 Å². The number of pyridine rings is 1. The van der Waals surface area contributed by atoms with E-state index in [0.29, 0.717) is 12.6 Å². The first-order valence-electron chi connectivity index (χ1n) is 6.31. The van der Waals surface area contributed by atoms with Crippen LogP contribution in [0.3, 0.4) is 0 Å². The van der Waals surface area contributed by atoms with Crippen LogP contribution in [0.25, 0.3) is 0 Å². The van der Waals surface area contributed by atoms with Crippen molar-refractivity contribution in [3.05, 3.63) is 48.0 Å². The van der Waals surface area contributed by atoms with Crippen LogP contribution in [0.2, 0.25) is 0 Å². The Balaban J connectivity index is 1.89. The summed E-state index contributed by atoms with van der Waals surface area (Å²) in [5.41, 5.74) is 6.89. The molecule has 0 spiro atoms. The van der Waals surface area contributed by atoms with Gasteiger partial charge in [-0.2, -0.15) is 0 Å². The van der Waals surface area contributed by atoms with E-state index in [4.69, 9.17) is 10.2 Å². The standard InChI is InChI=1S/C14H17N3O/c15-9-11-3-1-7-16-14(11)17(12-5-6-12)10-13-4-2-8-18-13/h1-4,7-8,12H,5-6,9-10,15H2. The zero-order valence-electron chi connectivity index (χ0n) is 10.2. The van der Waals surface area contributed by atoms with E-state index in [1.807, 2.05) is 30.5 Å². The lowest BCUT2D eigenvalue weighted by molar-refractivity contribution is 0.500. The molecule has 1 saturated carbocycles. The monoisotopic (exact) mass is 243 g/mol. The molecule has 3 rings (SSSR count). The fourth-order valence-electron chi connectivity index (χ4n) is 2.18. The second kappa shape index (κ2) is 4.82. The van der Waals surface area contributed by atoms with Crippen LogP contribution in [-0.2, 0) is 13.1 Å². The third-order valence-corrected chi connectivity index (χ3v) is 3.25. The minimum atomic E-state index is 0.518. The maximum Gasteiger partial charge on any atom is 0.133 e. The van der Waals surface area contributed by atoms with E-state index in [-0.39, 0.29) is 0 Å². The number of anilines is 1. The zero-order valence-corrected chi connectivity index (χ0v) is 10.2. The molecule has 0 saturated heterocycles. The lowest BCUT2D eigenvalue weighted by atomic mass is 10.2. The van der Waals surface area contributed by atoms with Gasteiger partial charge in [0.2, 0.25) is 0 Å². The van der Waals surface area contributed by atoms with Crippen molar-refractivity contribution in [3.63, 3.8) is 0 Å². The van der Waals surface area contributed by atoms with Crippen molar-refractivity contribution in [2.24, 2.45) is 5.73 Å². The molecule has 2 aromatic heterocycles. The highest BCUT2D eigenvalue weighted by Gasteiger charge is 2.31. The smallest absolute Gasteiger partial charge is 0.133 e. The van der Waals surface area contributed by atoms with E-state index in [1.165, 1.54) is 12.8 Å². The first-order valence-corrected chi connectivity index (χ1v) is 6.31. The summed E-state index contributed by atoms with van der Waals surface area (Å²) in [5, 5.41) is 0. The molecular weight excluding hydrogens is 226 g/mol. The molecule has 1 aliphatic carbocycles. The van der Waals surface area contributed by atoms with Gasteiger partial charge in [-0.05, 0) is 31.0 Å². The first-order chi connectivity index (χ1) is 8.88. The minimum Gasteiger partial charge on any atom is -0.467 e. The molecule has 0 radical (unpaired) electrons. The van der Waals surface area contributed by atoms with Crippen molar-refractivity contribution in [3.8, 4) is 0 Å². The van der Waals surface area contributed by atoms with Crippen molar-refractivity contribution in [1.29, 1.82) is 0 Å². The molecule has 0 amide bonds. The van der Waals surface area contributed by atoms with Crippen LogP contribution in [-0.4, -0.2) is 11.0 Å². The molecule has 0 atom stereocenters. The van der Waals surface area contributed by atoms with Gasteiger partial charge in [0.15, 0.2) is 0 Å². The summed E-state index contributed by atoms with van der Waals surface area (Å²) in [6, 6.07) is 8.47. The molecule has 1 fully saturated rings. The van der Waals surface area contributed by atoms with E-state index in [0.717, 1.165) is 23.7 Å². The lowest BCUT2D eigenvalue weighted by Crippen LogP contribution is -2.27. The Kier molecular flexibility index (Phi) is 3.02. The number of hydrogen-bond donors (Lipinski definition) is 1. The number of nitrogens with two attached hydrogens (primary N) is 1.